The van der Waals surface area contributed by atoms with Gasteiger partial charge in [0.1, 0.15) is 9.96 Å². The summed E-state index contributed by atoms with van der Waals surface area (Å²) in [7, 11) is -3.53. The van der Waals surface area contributed by atoms with Gasteiger partial charge < -0.3 is 9.64 Å². The highest BCUT2D eigenvalue weighted by atomic mass is 35.5. The highest BCUT2D eigenvalue weighted by Gasteiger charge is 2.22. The van der Waals surface area contributed by atoms with Crippen molar-refractivity contribution in [1.29, 1.82) is 0 Å². The number of amides is 1. The molecule has 0 unspecified atom stereocenters. The number of benzene rings is 1. The molecule has 1 aliphatic rings. The van der Waals surface area contributed by atoms with E-state index in [9.17, 15) is 13.2 Å². The van der Waals surface area contributed by atoms with Crippen LogP contribution < -0.4 is 9.46 Å². The zero-order valence-electron chi connectivity index (χ0n) is 12.6. The lowest BCUT2D eigenvalue weighted by atomic mass is 10.2. The summed E-state index contributed by atoms with van der Waals surface area (Å²) in [5.41, 5.74) is 0.800. The van der Waals surface area contributed by atoms with Crippen LogP contribution in [0.2, 0.25) is 5.02 Å². The maximum Gasteiger partial charge on any atom is 0.260 e. The van der Waals surface area contributed by atoms with Gasteiger partial charge in [-0.2, -0.15) is 0 Å². The molecule has 0 atom stereocenters. The third-order valence-corrected chi connectivity index (χ3v) is 6.61. The Morgan fingerprint density at radius 2 is 2.17 bits per heavy atom. The minimum absolute atomic E-state index is 0.0771. The number of ether oxygens (including phenoxy) is 1. The second-order valence-corrected chi connectivity index (χ2v) is 8.56. The van der Waals surface area contributed by atoms with Crippen LogP contribution in [0.25, 0.3) is 0 Å². The molecule has 2 aromatic rings. The first kappa shape index (κ1) is 17.2. The van der Waals surface area contributed by atoms with E-state index >= 15 is 0 Å². The quantitative estimate of drug-likeness (QED) is 0.853. The van der Waals surface area contributed by atoms with Gasteiger partial charge in [0.2, 0.25) is 10.0 Å². The Morgan fingerprint density at radius 3 is 2.92 bits per heavy atom. The van der Waals surface area contributed by atoms with Crippen LogP contribution in [0.4, 0.5) is 0 Å². The average Bonchev–Trinajstić information content (AvgIpc) is 3.03. The third kappa shape index (κ3) is 3.89. The highest BCUT2D eigenvalue weighted by Crippen LogP contribution is 2.26. The summed E-state index contributed by atoms with van der Waals surface area (Å²) in [5, 5.41) is 2.26. The fourth-order valence-corrected chi connectivity index (χ4v) is 4.60. The Labute approximate surface area is 149 Å². The molecule has 3 rings (SSSR count). The van der Waals surface area contributed by atoms with Crippen LogP contribution in [0.3, 0.4) is 0 Å². The van der Waals surface area contributed by atoms with E-state index in [0.717, 1.165) is 16.9 Å². The van der Waals surface area contributed by atoms with E-state index < -0.39 is 10.0 Å². The minimum Gasteiger partial charge on any atom is -0.483 e. The van der Waals surface area contributed by atoms with Crippen molar-refractivity contribution in [3.63, 3.8) is 0 Å². The number of rotatable bonds is 5. The Morgan fingerprint density at radius 1 is 1.33 bits per heavy atom. The second kappa shape index (κ2) is 7.10. The van der Waals surface area contributed by atoms with Crippen LogP contribution in [-0.2, 0) is 21.4 Å². The SMILES string of the molecule is O=C1COc2ccc(Cl)cc2CN1CCNS(=O)(=O)c1cccs1. The molecule has 0 saturated carbocycles. The van der Waals surface area contributed by atoms with E-state index in [2.05, 4.69) is 4.72 Å². The summed E-state index contributed by atoms with van der Waals surface area (Å²) in [6.07, 6.45) is 0. The van der Waals surface area contributed by atoms with Crippen molar-refractivity contribution in [2.45, 2.75) is 10.8 Å². The smallest absolute Gasteiger partial charge is 0.260 e. The Balaban J connectivity index is 1.65. The predicted molar refractivity (Wildman–Crippen MR) is 91.9 cm³/mol. The number of nitrogens with zero attached hydrogens (tertiary/aromatic N) is 1. The van der Waals surface area contributed by atoms with E-state index in [1.54, 1.807) is 34.5 Å². The molecule has 0 saturated heterocycles. The van der Waals surface area contributed by atoms with Crippen LogP contribution >= 0.6 is 22.9 Å². The van der Waals surface area contributed by atoms with Crippen molar-refractivity contribution in [2.75, 3.05) is 19.7 Å². The Hall–Kier alpha value is -1.61. The fraction of sp³-hybridized carbons (Fsp3) is 0.267. The summed E-state index contributed by atoms with van der Waals surface area (Å²) >= 11 is 7.13. The number of thiophene rings is 1. The van der Waals surface area contributed by atoms with Crippen LogP contribution in [0.1, 0.15) is 5.56 Å². The maximum absolute atomic E-state index is 12.1. The number of nitrogens with one attached hydrogen (secondary N) is 1. The number of carbonyl (C=O) groups is 1. The molecule has 128 valence electrons. The molecule has 0 bridgehead atoms. The topological polar surface area (TPSA) is 75.7 Å². The number of fused-ring (bicyclic) bond motifs is 1. The number of hydrogen-bond acceptors (Lipinski definition) is 5. The molecule has 24 heavy (non-hydrogen) atoms. The minimum atomic E-state index is -3.53. The van der Waals surface area contributed by atoms with E-state index in [-0.39, 0.29) is 29.8 Å². The average molecular weight is 387 g/mol. The second-order valence-electron chi connectivity index (χ2n) is 5.19. The summed E-state index contributed by atoms with van der Waals surface area (Å²) in [6.45, 7) is 0.627. The molecule has 1 aromatic carbocycles. The van der Waals surface area contributed by atoms with Crippen molar-refractivity contribution < 1.29 is 17.9 Å². The molecule has 1 aromatic heterocycles. The Bertz CT molecular complexity index is 837. The van der Waals surface area contributed by atoms with E-state index in [1.165, 1.54) is 6.07 Å². The van der Waals surface area contributed by atoms with Crippen LogP contribution in [0, 0.1) is 0 Å². The summed E-state index contributed by atoms with van der Waals surface area (Å²) < 4.78 is 32.4. The monoisotopic (exact) mass is 386 g/mol. The van der Waals surface area contributed by atoms with Gasteiger partial charge in [0.25, 0.3) is 5.91 Å². The molecule has 9 heteroatoms. The molecule has 1 amide bonds. The van der Waals surface area contributed by atoms with Gasteiger partial charge in [0.05, 0.1) is 0 Å². The molecule has 0 aliphatic carbocycles. The lowest BCUT2D eigenvalue weighted by Gasteiger charge is -2.20. The first-order valence-corrected chi connectivity index (χ1v) is 9.92. The fourth-order valence-electron chi connectivity index (χ4n) is 2.34. The van der Waals surface area contributed by atoms with Crippen molar-refractivity contribution in [3.05, 3.63) is 46.3 Å². The van der Waals surface area contributed by atoms with E-state index in [0.29, 0.717) is 17.3 Å². The lowest BCUT2D eigenvalue weighted by molar-refractivity contribution is -0.133. The third-order valence-electron chi connectivity index (χ3n) is 3.52. The normalized spacial score (nSPS) is 14.9. The highest BCUT2D eigenvalue weighted by molar-refractivity contribution is 7.91. The maximum atomic E-state index is 12.1. The van der Waals surface area contributed by atoms with Crippen molar-refractivity contribution >= 4 is 38.9 Å². The van der Waals surface area contributed by atoms with Gasteiger partial charge in [-0.15, -0.1) is 11.3 Å². The van der Waals surface area contributed by atoms with Gasteiger partial charge in [-0.3, -0.25) is 4.79 Å². The predicted octanol–water partition coefficient (Wildman–Crippen LogP) is 2.10. The van der Waals surface area contributed by atoms with Gasteiger partial charge in [0, 0.05) is 30.2 Å². The van der Waals surface area contributed by atoms with E-state index in [4.69, 9.17) is 16.3 Å². The first-order chi connectivity index (χ1) is 11.5. The summed E-state index contributed by atoms with van der Waals surface area (Å²) in [4.78, 5) is 13.7. The largest absolute Gasteiger partial charge is 0.483 e. The van der Waals surface area contributed by atoms with Gasteiger partial charge in [-0.25, -0.2) is 13.1 Å². The van der Waals surface area contributed by atoms with Gasteiger partial charge in [0.15, 0.2) is 6.61 Å². The Kier molecular flexibility index (Phi) is 5.09. The first-order valence-electron chi connectivity index (χ1n) is 7.18. The number of halogens is 1. The number of carbonyl (C=O) groups excluding carboxylic acids is 1. The molecular formula is C15H15ClN2O4S2. The molecule has 2 heterocycles. The molecule has 1 aliphatic heterocycles. The van der Waals surface area contributed by atoms with Crippen molar-refractivity contribution in [3.8, 4) is 5.75 Å². The lowest BCUT2D eigenvalue weighted by Crippen LogP contribution is -2.39. The number of hydrogen-bond donors (Lipinski definition) is 1. The molecular weight excluding hydrogens is 372 g/mol. The van der Waals surface area contributed by atoms with Crippen LogP contribution in [0.15, 0.2) is 39.9 Å². The van der Waals surface area contributed by atoms with Crippen molar-refractivity contribution in [2.24, 2.45) is 0 Å². The number of sulfonamides is 1. The van der Waals surface area contributed by atoms with Gasteiger partial charge in [-0.05, 0) is 29.6 Å². The zero-order valence-corrected chi connectivity index (χ0v) is 15.0. The standard InChI is InChI=1S/C15H15ClN2O4S2/c16-12-3-4-13-11(8-12)9-18(14(19)10-22-13)6-5-17-24(20,21)15-2-1-7-23-15/h1-4,7-8,17H,5-6,9-10H2. The summed E-state index contributed by atoms with van der Waals surface area (Å²) in [6, 6.07) is 8.40. The molecule has 6 nitrogen and oxygen atoms in total. The van der Waals surface area contributed by atoms with Crippen LogP contribution in [-0.4, -0.2) is 38.9 Å². The van der Waals surface area contributed by atoms with Crippen molar-refractivity contribution in [1.82, 2.24) is 9.62 Å². The van der Waals surface area contributed by atoms with E-state index in [1.807, 2.05) is 0 Å². The molecule has 0 fully saturated rings. The van der Waals surface area contributed by atoms with Gasteiger partial charge >= 0.3 is 0 Å². The zero-order chi connectivity index (χ0) is 17.2. The molecule has 1 N–H and O–H groups in total. The van der Waals surface area contributed by atoms with Gasteiger partial charge in [-0.1, -0.05) is 17.7 Å². The molecule has 0 spiro atoms. The van der Waals surface area contributed by atoms with Crippen LogP contribution in [0.5, 0.6) is 5.75 Å². The molecule has 0 radical (unpaired) electrons. The summed E-state index contributed by atoms with van der Waals surface area (Å²) in [5.74, 6) is 0.423.